The Hall–Kier alpha value is -3.64. The lowest BCUT2D eigenvalue weighted by atomic mass is 9.92. The van der Waals surface area contributed by atoms with Crippen molar-refractivity contribution in [2.24, 2.45) is 0 Å². The summed E-state index contributed by atoms with van der Waals surface area (Å²) in [5, 5.41) is 4.77. The minimum atomic E-state index is -0.283. The van der Waals surface area contributed by atoms with Crippen LogP contribution in [0.4, 0.5) is 10.5 Å². The zero-order valence-corrected chi connectivity index (χ0v) is 20.1. The normalized spacial score (nSPS) is 15.2. The van der Waals surface area contributed by atoms with E-state index < -0.39 is 0 Å². The molecule has 2 amide bonds. The first-order chi connectivity index (χ1) is 16.5. The topological polar surface area (TPSA) is 66.6 Å². The van der Waals surface area contributed by atoms with Gasteiger partial charge in [0.15, 0.2) is 0 Å². The van der Waals surface area contributed by atoms with Gasteiger partial charge >= 0.3 is 6.03 Å². The number of hydrogen-bond donors (Lipinski definition) is 2. The van der Waals surface area contributed by atoms with E-state index >= 15 is 0 Å². The van der Waals surface area contributed by atoms with Gasteiger partial charge < -0.3 is 24.7 Å². The van der Waals surface area contributed by atoms with Crippen LogP contribution in [0.3, 0.4) is 0 Å². The Balaban J connectivity index is 1.57. The minimum Gasteiger partial charge on any atom is -0.497 e. The van der Waals surface area contributed by atoms with Crippen molar-refractivity contribution in [2.45, 2.75) is 19.4 Å². The van der Waals surface area contributed by atoms with Crippen LogP contribution in [0.1, 0.15) is 28.4 Å². The third-order valence-corrected chi connectivity index (χ3v) is 6.86. The van der Waals surface area contributed by atoms with Crippen molar-refractivity contribution in [1.29, 1.82) is 0 Å². The number of benzene rings is 3. The van der Waals surface area contributed by atoms with Crippen LogP contribution in [0.25, 0.3) is 10.9 Å². The summed E-state index contributed by atoms with van der Waals surface area (Å²) in [5.41, 5.74) is 5.87. The maximum atomic E-state index is 13.5. The van der Waals surface area contributed by atoms with Crippen molar-refractivity contribution < 1.29 is 14.3 Å². The molecule has 1 aromatic heterocycles. The van der Waals surface area contributed by atoms with Gasteiger partial charge in [0, 0.05) is 33.9 Å². The molecule has 1 atom stereocenters. The number of aromatic amines is 1. The van der Waals surface area contributed by atoms with Crippen molar-refractivity contribution in [1.82, 2.24) is 9.88 Å². The Morgan fingerprint density at radius 1 is 1.03 bits per heavy atom. The van der Waals surface area contributed by atoms with E-state index in [0.29, 0.717) is 17.3 Å². The van der Waals surface area contributed by atoms with Gasteiger partial charge in [0.1, 0.15) is 11.5 Å². The van der Waals surface area contributed by atoms with Gasteiger partial charge in [0.05, 0.1) is 20.3 Å². The van der Waals surface area contributed by atoms with Gasteiger partial charge in [-0.3, -0.25) is 0 Å². The number of nitrogens with one attached hydrogen (secondary N) is 2. The fraction of sp³-hybridized carbons (Fsp3) is 0.222. The summed E-state index contributed by atoms with van der Waals surface area (Å²) in [6.07, 6.45) is 0.733. The standard InChI is InChI=1S/C27H26ClN3O3/c1-16-4-7-18(14-23(16)28)29-27(32)31-13-12-21-22-15-20(34-3)10-11-24(22)30-25(21)26(31)17-5-8-19(33-2)9-6-17/h4-11,14-15,26,30H,12-13H2,1-3H3,(H,29,32). The third kappa shape index (κ3) is 3.94. The number of H-pyrrole nitrogens is 1. The molecular weight excluding hydrogens is 450 g/mol. The lowest BCUT2D eigenvalue weighted by Crippen LogP contribution is -2.43. The Bertz CT molecular complexity index is 1360. The van der Waals surface area contributed by atoms with Crippen LogP contribution in [0.2, 0.25) is 5.02 Å². The van der Waals surface area contributed by atoms with Crippen LogP contribution in [0, 0.1) is 6.92 Å². The first-order valence-electron chi connectivity index (χ1n) is 11.1. The first-order valence-corrected chi connectivity index (χ1v) is 11.5. The molecule has 5 rings (SSSR count). The summed E-state index contributed by atoms with van der Waals surface area (Å²) in [6.45, 7) is 2.50. The number of aromatic nitrogens is 1. The quantitative estimate of drug-likeness (QED) is 0.362. The van der Waals surface area contributed by atoms with E-state index in [-0.39, 0.29) is 12.1 Å². The lowest BCUT2D eigenvalue weighted by molar-refractivity contribution is 0.193. The van der Waals surface area contributed by atoms with Crippen LogP contribution in [-0.4, -0.2) is 36.7 Å². The lowest BCUT2D eigenvalue weighted by Gasteiger charge is -2.36. The van der Waals surface area contributed by atoms with Crippen molar-refractivity contribution in [2.75, 3.05) is 26.1 Å². The van der Waals surface area contributed by atoms with E-state index in [4.69, 9.17) is 21.1 Å². The van der Waals surface area contributed by atoms with Gasteiger partial charge in [-0.05, 0) is 72.5 Å². The van der Waals surface area contributed by atoms with E-state index in [1.165, 1.54) is 5.56 Å². The predicted octanol–water partition coefficient (Wildman–Crippen LogP) is 6.33. The summed E-state index contributed by atoms with van der Waals surface area (Å²) in [4.78, 5) is 19.0. The van der Waals surface area contributed by atoms with Crippen molar-refractivity contribution in [3.63, 3.8) is 0 Å². The molecule has 7 heteroatoms. The smallest absolute Gasteiger partial charge is 0.322 e. The molecule has 0 bridgehead atoms. The van der Waals surface area contributed by atoms with Gasteiger partial charge in [-0.1, -0.05) is 29.8 Å². The summed E-state index contributed by atoms with van der Waals surface area (Å²) in [6, 6.07) is 19.0. The molecular formula is C27H26ClN3O3. The van der Waals surface area contributed by atoms with Crippen LogP contribution < -0.4 is 14.8 Å². The van der Waals surface area contributed by atoms with Gasteiger partial charge in [-0.15, -0.1) is 0 Å². The number of ether oxygens (including phenoxy) is 2. The number of methoxy groups -OCH3 is 2. The summed E-state index contributed by atoms with van der Waals surface area (Å²) >= 11 is 6.28. The summed E-state index contributed by atoms with van der Waals surface area (Å²) in [7, 11) is 3.31. The fourth-order valence-corrected chi connectivity index (χ4v) is 4.79. The van der Waals surface area contributed by atoms with Crippen LogP contribution in [-0.2, 0) is 6.42 Å². The number of urea groups is 1. The Morgan fingerprint density at radius 3 is 2.47 bits per heavy atom. The highest BCUT2D eigenvalue weighted by Crippen LogP contribution is 2.40. The molecule has 2 heterocycles. The molecule has 0 radical (unpaired) electrons. The molecule has 2 N–H and O–H groups in total. The number of anilines is 1. The number of aryl methyl sites for hydroxylation is 1. The number of carbonyl (C=O) groups excluding carboxylic acids is 1. The molecule has 174 valence electrons. The van der Waals surface area contributed by atoms with Gasteiger partial charge in [0.2, 0.25) is 0 Å². The molecule has 0 fully saturated rings. The second kappa shape index (κ2) is 8.95. The van der Waals surface area contributed by atoms with E-state index in [1.54, 1.807) is 20.3 Å². The fourth-order valence-electron chi connectivity index (χ4n) is 4.61. The number of nitrogens with zero attached hydrogens (tertiary/aromatic N) is 1. The minimum absolute atomic E-state index is 0.178. The molecule has 0 saturated heterocycles. The molecule has 1 unspecified atom stereocenters. The largest absolute Gasteiger partial charge is 0.497 e. The zero-order valence-electron chi connectivity index (χ0n) is 19.3. The van der Waals surface area contributed by atoms with Crippen molar-refractivity contribution in [3.8, 4) is 11.5 Å². The maximum absolute atomic E-state index is 13.5. The van der Waals surface area contributed by atoms with E-state index in [1.807, 2.05) is 60.4 Å². The number of rotatable bonds is 4. The molecule has 34 heavy (non-hydrogen) atoms. The SMILES string of the molecule is COc1ccc(C2c3[nH]c4ccc(OC)cc4c3CCN2C(=O)Nc2ccc(C)c(Cl)c2)cc1. The monoisotopic (exact) mass is 475 g/mol. The Morgan fingerprint density at radius 2 is 1.76 bits per heavy atom. The van der Waals surface area contributed by atoms with Gasteiger partial charge in [0.25, 0.3) is 0 Å². The number of amides is 2. The number of hydrogen-bond acceptors (Lipinski definition) is 3. The van der Waals surface area contributed by atoms with Crippen LogP contribution in [0.15, 0.2) is 60.7 Å². The van der Waals surface area contributed by atoms with Crippen molar-refractivity contribution in [3.05, 3.63) is 88.1 Å². The highest BCUT2D eigenvalue weighted by atomic mass is 35.5. The number of halogens is 1. The molecule has 1 aliphatic heterocycles. The van der Waals surface area contributed by atoms with Gasteiger partial charge in [-0.25, -0.2) is 4.79 Å². The van der Waals surface area contributed by atoms with Crippen LogP contribution in [0.5, 0.6) is 11.5 Å². The molecule has 4 aromatic rings. The second-order valence-corrected chi connectivity index (χ2v) is 8.85. The van der Waals surface area contributed by atoms with Gasteiger partial charge in [-0.2, -0.15) is 0 Å². The molecule has 0 aliphatic carbocycles. The first kappa shape index (κ1) is 22.2. The maximum Gasteiger partial charge on any atom is 0.322 e. The van der Waals surface area contributed by atoms with E-state index in [0.717, 1.165) is 45.6 Å². The Labute approximate surface area is 203 Å². The highest BCUT2D eigenvalue weighted by Gasteiger charge is 2.34. The second-order valence-electron chi connectivity index (χ2n) is 8.44. The van der Waals surface area contributed by atoms with E-state index in [2.05, 4.69) is 16.4 Å². The summed E-state index contributed by atoms with van der Waals surface area (Å²) < 4.78 is 10.8. The van der Waals surface area contributed by atoms with Crippen molar-refractivity contribution >= 4 is 34.2 Å². The summed E-state index contributed by atoms with van der Waals surface area (Å²) in [5.74, 6) is 1.58. The zero-order chi connectivity index (χ0) is 23.8. The van der Waals surface area contributed by atoms with E-state index in [9.17, 15) is 4.79 Å². The van der Waals surface area contributed by atoms with Crippen LogP contribution >= 0.6 is 11.6 Å². The number of carbonyl (C=O) groups is 1. The third-order valence-electron chi connectivity index (χ3n) is 6.45. The molecule has 1 aliphatic rings. The number of fused-ring (bicyclic) bond motifs is 3. The molecule has 3 aromatic carbocycles. The average molecular weight is 476 g/mol. The highest BCUT2D eigenvalue weighted by molar-refractivity contribution is 6.31. The molecule has 6 nitrogen and oxygen atoms in total. The average Bonchev–Trinajstić information content (AvgIpc) is 3.23. The molecule has 0 saturated carbocycles. The Kier molecular flexibility index (Phi) is 5.84. The molecule has 0 spiro atoms. The predicted molar refractivity (Wildman–Crippen MR) is 135 cm³/mol.